The van der Waals surface area contributed by atoms with Crippen LogP contribution >= 0.6 is 0 Å². The maximum Gasteiger partial charge on any atom is -0.0130 e. The fourth-order valence-electron chi connectivity index (χ4n) is 23.2. The van der Waals surface area contributed by atoms with Crippen molar-refractivity contribution >= 4 is 0 Å². The molecule has 0 radical (unpaired) electrons. The molecule has 214 valence electrons. The van der Waals surface area contributed by atoms with Crippen molar-refractivity contribution < 1.29 is 0 Å². The van der Waals surface area contributed by atoms with Crippen LogP contribution in [0.5, 0.6) is 0 Å². The van der Waals surface area contributed by atoms with Crippen molar-refractivity contribution in [3.05, 3.63) is 0 Å². The van der Waals surface area contributed by atoms with E-state index < -0.39 is 0 Å². The van der Waals surface area contributed by atoms with Gasteiger partial charge in [0.05, 0.1) is 0 Å². The highest BCUT2D eigenvalue weighted by Gasteiger charge is 3.22. The first kappa shape index (κ1) is 25.7. The predicted octanol–water partition coefficient (Wildman–Crippen LogP) is 10.5. The predicted molar refractivity (Wildman–Crippen MR) is 159 cm³/mol. The van der Waals surface area contributed by atoms with E-state index >= 15 is 0 Å². The molecule has 8 saturated carbocycles. The SMILES string of the molecule is CC1C(C)C2(C)C1(C)C1(C)C2(C)C2(C)C1(C)C1(C)C3(C)C4(C)C5(C)C(C)(C)C(C)(C)C5(C)C4(C)C3(C)C21C. The van der Waals surface area contributed by atoms with Crippen LogP contribution < -0.4 is 0 Å². The van der Waals surface area contributed by atoms with Gasteiger partial charge in [0.15, 0.2) is 0 Å². The highest BCUT2D eigenvalue weighted by Crippen LogP contribution is 3.26. The van der Waals surface area contributed by atoms with Crippen LogP contribution in [0.1, 0.15) is 138 Å². The van der Waals surface area contributed by atoms with E-state index in [0.717, 1.165) is 11.8 Å². The molecule has 38 heavy (non-hydrogen) atoms. The summed E-state index contributed by atoms with van der Waals surface area (Å²) in [6, 6.07) is 0. The van der Waals surface area contributed by atoms with Crippen LogP contribution in [0.15, 0.2) is 0 Å². The Kier molecular flexibility index (Phi) is 3.12. The average Bonchev–Trinajstić information content (AvgIpc) is 2.87. The molecule has 0 nitrogen and oxygen atoms in total. The second-order valence-corrected chi connectivity index (χ2v) is 20.7. The third kappa shape index (κ3) is 0.963. The van der Waals surface area contributed by atoms with Crippen molar-refractivity contribution in [3.8, 4) is 0 Å². The van der Waals surface area contributed by atoms with Gasteiger partial charge in [-0.05, 0) is 98.5 Å². The van der Waals surface area contributed by atoms with Gasteiger partial charge in [-0.3, -0.25) is 0 Å². The molecule has 0 spiro atoms. The van der Waals surface area contributed by atoms with Gasteiger partial charge < -0.3 is 0 Å². The Morgan fingerprint density at radius 2 is 0.395 bits per heavy atom. The number of rotatable bonds is 0. The lowest BCUT2D eigenvalue weighted by atomic mass is 8.79. The van der Waals surface area contributed by atoms with E-state index in [2.05, 4.69) is 138 Å². The second-order valence-electron chi connectivity index (χ2n) is 20.7. The van der Waals surface area contributed by atoms with E-state index in [1.807, 2.05) is 0 Å². The van der Waals surface area contributed by atoms with E-state index in [4.69, 9.17) is 0 Å². The molecule has 0 aliphatic heterocycles. The molecule has 0 heteroatoms. The Hall–Kier alpha value is 0. The minimum atomic E-state index is 0.334. The summed E-state index contributed by atoms with van der Waals surface area (Å²) in [4.78, 5) is 0. The van der Waals surface area contributed by atoms with E-state index in [-0.39, 0.29) is 0 Å². The van der Waals surface area contributed by atoms with Gasteiger partial charge in [-0.15, -0.1) is 0 Å². The molecule has 0 heterocycles. The molecule has 0 N–H and O–H groups in total. The summed E-state index contributed by atoms with van der Waals surface area (Å²) in [6.45, 7) is 55.2. The Morgan fingerprint density at radius 3 is 0.605 bits per heavy atom. The molecule has 0 saturated heterocycles. The lowest BCUT2D eigenvalue weighted by Gasteiger charge is -3.24. The van der Waals surface area contributed by atoms with Gasteiger partial charge in [0.25, 0.3) is 0 Å². The van der Waals surface area contributed by atoms with Crippen molar-refractivity contribution in [2.45, 2.75) is 138 Å². The Balaban J connectivity index is 1.43. The summed E-state index contributed by atoms with van der Waals surface area (Å²) in [6.07, 6.45) is 0. The van der Waals surface area contributed by atoms with Gasteiger partial charge >= 0.3 is 0 Å². The smallest absolute Gasteiger partial charge is 0.0130 e. The maximum absolute atomic E-state index is 2.85. The van der Waals surface area contributed by atoms with Gasteiger partial charge in [-0.2, -0.15) is 0 Å². The summed E-state index contributed by atoms with van der Waals surface area (Å²) in [7, 11) is 0. The molecule has 8 aliphatic carbocycles. The van der Waals surface area contributed by atoms with Crippen LogP contribution in [-0.2, 0) is 0 Å². The lowest BCUT2D eigenvalue weighted by Crippen LogP contribution is -3.21. The lowest BCUT2D eigenvalue weighted by molar-refractivity contribution is -0.779. The van der Waals surface area contributed by atoms with Gasteiger partial charge in [-0.25, -0.2) is 0 Å². The van der Waals surface area contributed by atoms with E-state index in [1.54, 1.807) is 0 Å². The zero-order valence-corrected chi connectivity index (χ0v) is 29.2. The Labute approximate surface area is 236 Å². The maximum atomic E-state index is 2.85. The summed E-state index contributed by atoms with van der Waals surface area (Å²) in [5, 5.41) is 0. The monoisotopic (exact) mass is 518 g/mol. The molecule has 0 amide bonds. The van der Waals surface area contributed by atoms with Gasteiger partial charge in [-0.1, -0.05) is 138 Å². The van der Waals surface area contributed by atoms with Crippen LogP contribution in [0.3, 0.4) is 0 Å². The normalized spacial score (nSPS) is 83.1. The molecule has 8 fully saturated rings. The molecule has 0 aromatic heterocycles. The largest absolute Gasteiger partial charge is 0.0617 e. The topological polar surface area (TPSA) is 0 Å². The molecule has 16 atom stereocenters. The third-order valence-corrected chi connectivity index (χ3v) is 25.8. The quantitative estimate of drug-likeness (QED) is 0.280. The van der Waals surface area contributed by atoms with Crippen molar-refractivity contribution in [1.29, 1.82) is 0 Å². The zero-order chi connectivity index (χ0) is 29.2. The fourth-order valence-corrected chi connectivity index (χ4v) is 23.2. The van der Waals surface area contributed by atoms with Crippen molar-refractivity contribution in [3.63, 3.8) is 0 Å². The van der Waals surface area contributed by atoms with Gasteiger partial charge in [0.1, 0.15) is 0 Å². The van der Waals surface area contributed by atoms with E-state index in [9.17, 15) is 0 Å². The fraction of sp³-hybridized carbons (Fsp3) is 1.00. The van der Waals surface area contributed by atoms with Gasteiger partial charge in [0.2, 0.25) is 0 Å². The molecule has 0 aromatic rings. The number of hydrogen-bond donors (Lipinski definition) is 0. The summed E-state index contributed by atoms with van der Waals surface area (Å²) in [5.41, 5.74) is 5.88. The molecule has 8 aliphatic rings. The van der Waals surface area contributed by atoms with Crippen LogP contribution in [0.4, 0.5) is 0 Å². The standard InChI is InChI=1S/C38H62/c1-21-22(2)26(8)25(21,7)29(11)30(26,12)34(16)33(29,15)37(19)35(17)31(13)27(9)23(3,4)24(5,6)28(27,10)32(31,14)36(35,18)38(34,37)20/h21-22H,1-20H3. The van der Waals surface area contributed by atoms with Crippen molar-refractivity contribution in [1.82, 2.24) is 0 Å². The molecular formula is C38H62. The molecule has 8 rings (SSSR count). The Morgan fingerprint density at radius 1 is 0.237 bits per heavy atom. The molecular weight excluding hydrogens is 456 g/mol. The second kappa shape index (κ2) is 4.61. The summed E-state index contributed by atoms with van der Waals surface area (Å²) >= 11 is 0. The highest BCUT2D eigenvalue weighted by atomic mass is 15.3. The summed E-state index contributed by atoms with van der Waals surface area (Å²) < 4.78 is 0. The minimum absolute atomic E-state index is 0.334. The molecule has 16 unspecified atom stereocenters. The summed E-state index contributed by atoms with van der Waals surface area (Å²) in [5.74, 6) is 1.64. The average molecular weight is 519 g/mol. The zero-order valence-electron chi connectivity index (χ0n) is 29.2. The van der Waals surface area contributed by atoms with E-state index in [1.165, 1.54) is 0 Å². The third-order valence-electron chi connectivity index (χ3n) is 25.8. The van der Waals surface area contributed by atoms with Crippen molar-refractivity contribution in [2.24, 2.45) is 98.5 Å². The Bertz CT molecular complexity index is 1250. The number of hydrogen-bond acceptors (Lipinski definition) is 0. The first-order valence-electron chi connectivity index (χ1n) is 16.6. The minimum Gasteiger partial charge on any atom is -0.0617 e. The van der Waals surface area contributed by atoms with Crippen LogP contribution in [-0.4, -0.2) is 0 Å². The van der Waals surface area contributed by atoms with Gasteiger partial charge in [0, 0.05) is 0 Å². The van der Waals surface area contributed by atoms with Crippen LogP contribution in [0, 0.1) is 98.5 Å². The molecule has 0 aromatic carbocycles. The first-order valence-corrected chi connectivity index (χ1v) is 16.6. The van der Waals surface area contributed by atoms with Crippen LogP contribution in [0.25, 0.3) is 0 Å². The van der Waals surface area contributed by atoms with Crippen molar-refractivity contribution in [2.75, 3.05) is 0 Å². The van der Waals surface area contributed by atoms with E-state index in [0.29, 0.717) is 86.6 Å². The first-order chi connectivity index (χ1) is 16.6. The highest BCUT2D eigenvalue weighted by molar-refractivity contribution is 5.68. The number of fused-ring (bicyclic) bond motifs is 19. The van der Waals surface area contributed by atoms with Crippen LogP contribution in [0.2, 0.25) is 0 Å². The molecule has 0 bridgehead atoms.